The van der Waals surface area contributed by atoms with Crippen LogP contribution in [0.15, 0.2) is 46.9 Å². The zero-order valence-corrected chi connectivity index (χ0v) is 16.5. The van der Waals surface area contributed by atoms with Crippen molar-refractivity contribution in [3.63, 3.8) is 0 Å². The standard InChI is InChI=1S/C18H15BrClF3N2O3/c19-13-6-5-12(20)7-10(13)8-14(16(24)27)25-17(28)15(26)9-1-3-11(4-2-9)18(21,22)23/h1-7,14-15,26H,8H2,(H2,24,27)(H,25,28)/t14-,15+/m1/s1. The molecule has 4 N–H and O–H groups in total. The SMILES string of the molecule is NC(=O)[C@@H](Cc1cc(Cl)ccc1Br)NC(=O)[C@@H](O)c1ccc(C(F)(F)F)cc1. The lowest BCUT2D eigenvalue weighted by Gasteiger charge is -2.19. The van der Waals surface area contributed by atoms with Crippen molar-refractivity contribution in [1.82, 2.24) is 5.32 Å². The summed E-state index contributed by atoms with van der Waals surface area (Å²) in [4.78, 5) is 24.0. The predicted molar refractivity (Wildman–Crippen MR) is 100 cm³/mol. The number of nitrogens with one attached hydrogen (secondary N) is 1. The number of aliphatic hydroxyl groups excluding tert-OH is 1. The maximum Gasteiger partial charge on any atom is 0.416 e. The van der Waals surface area contributed by atoms with Crippen molar-refractivity contribution in [3.8, 4) is 0 Å². The lowest BCUT2D eigenvalue weighted by molar-refractivity contribution is -0.137. The molecule has 0 aromatic heterocycles. The molecular formula is C18H15BrClF3N2O3. The van der Waals surface area contributed by atoms with E-state index < -0.39 is 35.7 Å². The van der Waals surface area contributed by atoms with Crippen molar-refractivity contribution in [3.05, 3.63) is 68.7 Å². The Balaban J connectivity index is 2.13. The number of hydrogen-bond donors (Lipinski definition) is 3. The van der Waals surface area contributed by atoms with E-state index in [2.05, 4.69) is 21.2 Å². The number of nitrogens with two attached hydrogens (primary N) is 1. The summed E-state index contributed by atoms with van der Waals surface area (Å²) < 4.78 is 38.4. The van der Waals surface area contributed by atoms with Crippen molar-refractivity contribution in [2.75, 3.05) is 0 Å². The molecule has 0 saturated heterocycles. The molecule has 10 heteroatoms. The summed E-state index contributed by atoms with van der Waals surface area (Å²) in [6.07, 6.45) is -6.30. The van der Waals surface area contributed by atoms with E-state index >= 15 is 0 Å². The molecule has 0 fully saturated rings. The van der Waals surface area contributed by atoms with Gasteiger partial charge in [-0.05, 0) is 41.5 Å². The van der Waals surface area contributed by atoms with Crippen LogP contribution in [0.25, 0.3) is 0 Å². The molecule has 0 aliphatic heterocycles. The first-order chi connectivity index (χ1) is 13.0. The third kappa shape index (κ3) is 5.70. The summed E-state index contributed by atoms with van der Waals surface area (Å²) in [5, 5.41) is 12.8. The molecule has 150 valence electrons. The Labute approximate surface area is 171 Å². The van der Waals surface area contributed by atoms with Gasteiger partial charge in [0.25, 0.3) is 5.91 Å². The molecule has 2 aromatic carbocycles. The summed E-state index contributed by atoms with van der Waals surface area (Å²) >= 11 is 9.21. The minimum Gasteiger partial charge on any atom is -0.378 e. The van der Waals surface area contributed by atoms with Crippen molar-refractivity contribution in [2.24, 2.45) is 5.73 Å². The second kappa shape index (κ2) is 8.93. The number of hydrogen-bond acceptors (Lipinski definition) is 3. The molecule has 0 saturated carbocycles. The number of carbonyl (C=O) groups excluding carboxylic acids is 2. The topological polar surface area (TPSA) is 92.4 Å². The smallest absolute Gasteiger partial charge is 0.378 e. The van der Waals surface area contributed by atoms with Crippen LogP contribution in [-0.4, -0.2) is 23.0 Å². The van der Waals surface area contributed by atoms with E-state index in [9.17, 15) is 27.9 Å². The molecule has 0 aliphatic rings. The number of benzene rings is 2. The van der Waals surface area contributed by atoms with Gasteiger partial charge >= 0.3 is 6.18 Å². The molecule has 0 unspecified atom stereocenters. The average molecular weight is 480 g/mol. The van der Waals surface area contributed by atoms with Crippen LogP contribution < -0.4 is 11.1 Å². The Kier molecular flexibility index (Phi) is 7.08. The van der Waals surface area contributed by atoms with Gasteiger partial charge in [-0.2, -0.15) is 13.2 Å². The fourth-order valence-corrected chi connectivity index (χ4v) is 3.00. The number of rotatable bonds is 6. The van der Waals surface area contributed by atoms with Crippen LogP contribution in [0.3, 0.4) is 0 Å². The second-order valence-electron chi connectivity index (χ2n) is 5.93. The number of primary amides is 1. The van der Waals surface area contributed by atoms with Crippen molar-refractivity contribution >= 4 is 39.3 Å². The van der Waals surface area contributed by atoms with Gasteiger partial charge in [-0.25, -0.2) is 0 Å². The van der Waals surface area contributed by atoms with Crippen LogP contribution >= 0.6 is 27.5 Å². The number of aliphatic hydroxyl groups is 1. The highest BCUT2D eigenvalue weighted by atomic mass is 79.9. The lowest BCUT2D eigenvalue weighted by Crippen LogP contribution is -2.47. The molecular weight excluding hydrogens is 465 g/mol. The Morgan fingerprint density at radius 2 is 1.79 bits per heavy atom. The van der Waals surface area contributed by atoms with Gasteiger partial charge < -0.3 is 16.2 Å². The van der Waals surface area contributed by atoms with E-state index in [1.165, 1.54) is 0 Å². The quantitative estimate of drug-likeness (QED) is 0.593. The van der Waals surface area contributed by atoms with Crippen LogP contribution in [0.1, 0.15) is 22.8 Å². The number of amides is 2. The van der Waals surface area contributed by atoms with E-state index in [1.807, 2.05) is 0 Å². The summed E-state index contributed by atoms with van der Waals surface area (Å²) in [5.41, 5.74) is 4.95. The van der Waals surface area contributed by atoms with E-state index in [0.717, 1.165) is 24.3 Å². The third-order valence-corrected chi connectivity index (χ3v) is 4.90. The molecule has 5 nitrogen and oxygen atoms in total. The predicted octanol–water partition coefficient (Wildman–Crippen LogP) is 3.37. The van der Waals surface area contributed by atoms with Gasteiger partial charge in [0.15, 0.2) is 6.10 Å². The van der Waals surface area contributed by atoms with Crippen LogP contribution in [0.4, 0.5) is 13.2 Å². The summed E-state index contributed by atoms with van der Waals surface area (Å²) in [5.74, 6) is -1.82. The zero-order valence-electron chi connectivity index (χ0n) is 14.1. The molecule has 2 rings (SSSR count). The van der Waals surface area contributed by atoms with Gasteiger partial charge in [0.2, 0.25) is 5.91 Å². The maximum absolute atomic E-state index is 12.6. The molecule has 28 heavy (non-hydrogen) atoms. The number of carbonyl (C=O) groups is 2. The summed E-state index contributed by atoms with van der Waals surface area (Å²) in [6.45, 7) is 0. The minimum atomic E-state index is -4.53. The summed E-state index contributed by atoms with van der Waals surface area (Å²) in [7, 11) is 0. The van der Waals surface area contributed by atoms with Crippen molar-refractivity contribution in [1.29, 1.82) is 0 Å². The molecule has 0 radical (unpaired) electrons. The van der Waals surface area contributed by atoms with Gasteiger partial charge in [0.05, 0.1) is 5.56 Å². The first-order valence-electron chi connectivity index (χ1n) is 7.88. The second-order valence-corrected chi connectivity index (χ2v) is 7.22. The molecule has 0 heterocycles. The number of halogens is 5. The van der Waals surface area contributed by atoms with Gasteiger partial charge in [-0.3, -0.25) is 9.59 Å². The molecule has 0 bridgehead atoms. The van der Waals surface area contributed by atoms with E-state index in [0.29, 0.717) is 15.1 Å². The van der Waals surface area contributed by atoms with Gasteiger partial charge in [0.1, 0.15) is 6.04 Å². The van der Waals surface area contributed by atoms with Gasteiger partial charge in [-0.15, -0.1) is 0 Å². The maximum atomic E-state index is 12.6. The Hall–Kier alpha value is -2.10. The lowest BCUT2D eigenvalue weighted by atomic mass is 10.0. The molecule has 2 amide bonds. The highest BCUT2D eigenvalue weighted by Gasteiger charge is 2.31. The zero-order chi connectivity index (χ0) is 21.1. The third-order valence-electron chi connectivity index (χ3n) is 3.89. The highest BCUT2D eigenvalue weighted by Crippen LogP contribution is 2.30. The Bertz CT molecular complexity index is 875. The Morgan fingerprint density at radius 1 is 1.18 bits per heavy atom. The molecule has 0 spiro atoms. The van der Waals surface area contributed by atoms with Crippen molar-refractivity contribution in [2.45, 2.75) is 24.7 Å². The number of alkyl halides is 3. The monoisotopic (exact) mass is 478 g/mol. The van der Waals surface area contributed by atoms with E-state index in [-0.39, 0.29) is 12.0 Å². The molecule has 2 aromatic rings. The molecule has 2 atom stereocenters. The van der Waals surface area contributed by atoms with Gasteiger partial charge in [0, 0.05) is 15.9 Å². The summed E-state index contributed by atoms with van der Waals surface area (Å²) in [6, 6.07) is 7.18. The van der Waals surface area contributed by atoms with Crippen LogP contribution in [0.5, 0.6) is 0 Å². The fraction of sp³-hybridized carbons (Fsp3) is 0.222. The van der Waals surface area contributed by atoms with Crippen LogP contribution in [-0.2, 0) is 22.2 Å². The minimum absolute atomic E-state index is 0.00193. The van der Waals surface area contributed by atoms with E-state index in [1.54, 1.807) is 18.2 Å². The van der Waals surface area contributed by atoms with Crippen LogP contribution in [0, 0.1) is 0 Å². The highest BCUT2D eigenvalue weighted by molar-refractivity contribution is 9.10. The Morgan fingerprint density at radius 3 is 2.32 bits per heavy atom. The molecule has 0 aliphatic carbocycles. The first-order valence-corrected chi connectivity index (χ1v) is 9.05. The van der Waals surface area contributed by atoms with Gasteiger partial charge in [-0.1, -0.05) is 39.7 Å². The first kappa shape index (κ1) is 22.2. The normalized spacial score (nSPS) is 13.6. The van der Waals surface area contributed by atoms with Crippen LogP contribution in [0.2, 0.25) is 5.02 Å². The average Bonchev–Trinajstić information content (AvgIpc) is 2.62. The fourth-order valence-electron chi connectivity index (χ4n) is 2.40. The van der Waals surface area contributed by atoms with Crippen molar-refractivity contribution < 1.29 is 27.9 Å². The van der Waals surface area contributed by atoms with E-state index in [4.69, 9.17) is 17.3 Å². The largest absolute Gasteiger partial charge is 0.416 e.